The first-order chi connectivity index (χ1) is 14.0. The number of carbonyl (C=O) groups is 1. The largest absolute Gasteiger partial charge is 0.493 e. The van der Waals surface area contributed by atoms with Gasteiger partial charge in [-0.1, -0.05) is 0 Å². The molecule has 0 bridgehead atoms. The summed E-state index contributed by atoms with van der Waals surface area (Å²) >= 11 is 0. The van der Waals surface area contributed by atoms with Crippen molar-refractivity contribution in [2.24, 2.45) is 0 Å². The quantitative estimate of drug-likeness (QED) is 0.723. The number of ether oxygens (including phenoxy) is 4. The topological polar surface area (TPSA) is 86.3 Å². The third-order valence-corrected chi connectivity index (χ3v) is 4.81. The van der Waals surface area contributed by atoms with Gasteiger partial charge in [0.25, 0.3) is 5.91 Å². The van der Waals surface area contributed by atoms with Gasteiger partial charge in [-0.2, -0.15) is 4.98 Å². The molecule has 1 amide bonds. The maximum atomic E-state index is 13.0. The van der Waals surface area contributed by atoms with Gasteiger partial charge in [-0.05, 0) is 19.1 Å². The number of carbonyl (C=O) groups excluding carboxylic acids is 1. The minimum absolute atomic E-state index is 0.0830. The summed E-state index contributed by atoms with van der Waals surface area (Å²) < 4.78 is 21.3. The monoisotopic (exact) mass is 402 g/mol. The molecule has 1 aliphatic rings. The second-order valence-electron chi connectivity index (χ2n) is 6.51. The fourth-order valence-corrected chi connectivity index (χ4v) is 3.32. The van der Waals surface area contributed by atoms with Gasteiger partial charge in [0.15, 0.2) is 11.5 Å². The molecule has 0 radical (unpaired) electrons. The predicted octanol–water partition coefficient (Wildman–Crippen LogP) is 1.78. The Hall–Kier alpha value is -3.23. The summed E-state index contributed by atoms with van der Waals surface area (Å²) in [4.78, 5) is 25.7. The molecule has 2 heterocycles. The van der Waals surface area contributed by atoms with Crippen LogP contribution in [0.5, 0.6) is 23.1 Å². The summed E-state index contributed by atoms with van der Waals surface area (Å²) in [7, 11) is 6.18. The molecule has 0 atom stereocenters. The normalized spacial score (nSPS) is 13.8. The maximum absolute atomic E-state index is 13.0. The van der Waals surface area contributed by atoms with Crippen LogP contribution < -0.4 is 23.8 Å². The van der Waals surface area contributed by atoms with E-state index in [1.807, 2.05) is 17.9 Å². The molecule has 0 saturated carbocycles. The van der Waals surface area contributed by atoms with Crippen molar-refractivity contribution in [2.75, 3.05) is 59.5 Å². The Labute approximate surface area is 170 Å². The van der Waals surface area contributed by atoms with Crippen molar-refractivity contribution in [3.05, 3.63) is 29.6 Å². The molecule has 1 fully saturated rings. The van der Waals surface area contributed by atoms with Crippen molar-refractivity contribution in [1.29, 1.82) is 0 Å². The SMILES string of the molecule is COc1cc(N2CCN(C(=O)c3cc(OC)c(OC)c(OC)c3)CC2)nc(C)n1. The molecule has 1 aromatic heterocycles. The zero-order valence-corrected chi connectivity index (χ0v) is 17.4. The van der Waals surface area contributed by atoms with Crippen LogP contribution in [0.4, 0.5) is 5.82 Å². The van der Waals surface area contributed by atoms with Gasteiger partial charge < -0.3 is 28.7 Å². The molecule has 9 nitrogen and oxygen atoms in total. The standard InChI is InChI=1S/C20H26N4O5/c1-13-21-17(12-18(22-13)28-4)23-6-8-24(9-7-23)20(25)14-10-15(26-2)19(29-5)16(11-14)27-3/h10-12H,6-9H2,1-5H3. The van der Waals surface area contributed by atoms with Crippen molar-refractivity contribution in [3.8, 4) is 23.1 Å². The van der Waals surface area contributed by atoms with Gasteiger partial charge in [-0.15, -0.1) is 0 Å². The molecule has 29 heavy (non-hydrogen) atoms. The highest BCUT2D eigenvalue weighted by molar-refractivity contribution is 5.95. The van der Waals surface area contributed by atoms with E-state index in [2.05, 4.69) is 14.9 Å². The lowest BCUT2D eigenvalue weighted by Crippen LogP contribution is -2.49. The van der Waals surface area contributed by atoms with Gasteiger partial charge in [0.1, 0.15) is 11.6 Å². The van der Waals surface area contributed by atoms with Crippen LogP contribution in [-0.2, 0) is 0 Å². The Balaban J connectivity index is 1.74. The van der Waals surface area contributed by atoms with Gasteiger partial charge in [-0.3, -0.25) is 4.79 Å². The molecule has 1 saturated heterocycles. The maximum Gasteiger partial charge on any atom is 0.254 e. The van der Waals surface area contributed by atoms with Crippen LogP contribution in [0.25, 0.3) is 0 Å². The van der Waals surface area contributed by atoms with E-state index in [0.717, 1.165) is 5.82 Å². The van der Waals surface area contributed by atoms with Gasteiger partial charge in [0, 0.05) is 37.8 Å². The van der Waals surface area contributed by atoms with Crippen LogP contribution in [0.3, 0.4) is 0 Å². The summed E-state index contributed by atoms with van der Waals surface area (Å²) in [6, 6.07) is 5.16. The van der Waals surface area contributed by atoms with Crippen molar-refractivity contribution < 1.29 is 23.7 Å². The molecule has 9 heteroatoms. The molecular formula is C20H26N4O5. The summed E-state index contributed by atoms with van der Waals surface area (Å²) in [5.74, 6) is 3.27. The highest BCUT2D eigenvalue weighted by atomic mass is 16.5. The Morgan fingerprint density at radius 1 is 0.862 bits per heavy atom. The smallest absolute Gasteiger partial charge is 0.254 e. The van der Waals surface area contributed by atoms with Gasteiger partial charge in [0.2, 0.25) is 11.6 Å². The Kier molecular flexibility index (Phi) is 6.26. The zero-order chi connectivity index (χ0) is 21.0. The molecular weight excluding hydrogens is 376 g/mol. The average molecular weight is 402 g/mol. The van der Waals surface area contributed by atoms with E-state index in [9.17, 15) is 4.79 Å². The fraction of sp³-hybridized carbons (Fsp3) is 0.450. The van der Waals surface area contributed by atoms with E-state index in [1.165, 1.54) is 21.3 Å². The van der Waals surface area contributed by atoms with E-state index < -0.39 is 0 Å². The first-order valence-corrected chi connectivity index (χ1v) is 9.24. The van der Waals surface area contributed by atoms with E-state index >= 15 is 0 Å². The van der Waals surface area contributed by atoms with E-state index in [4.69, 9.17) is 18.9 Å². The van der Waals surface area contributed by atoms with Gasteiger partial charge >= 0.3 is 0 Å². The van der Waals surface area contributed by atoms with Crippen LogP contribution in [0.1, 0.15) is 16.2 Å². The number of aromatic nitrogens is 2. The van der Waals surface area contributed by atoms with Crippen LogP contribution in [-0.4, -0.2) is 75.4 Å². The van der Waals surface area contributed by atoms with E-state index in [1.54, 1.807) is 19.2 Å². The first-order valence-electron chi connectivity index (χ1n) is 9.24. The lowest BCUT2D eigenvalue weighted by molar-refractivity contribution is 0.0745. The summed E-state index contributed by atoms with van der Waals surface area (Å²) in [6.45, 7) is 4.30. The molecule has 0 spiro atoms. The van der Waals surface area contributed by atoms with Gasteiger partial charge in [0.05, 0.1) is 28.4 Å². The second kappa shape index (κ2) is 8.85. The lowest BCUT2D eigenvalue weighted by Gasteiger charge is -2.35. The van der Waals surface area contributed by atoms with Crippen LogP contribution in [0.15, 0.2) is 18.2 Å². The first kappa shape index (κ1) is 20.5. The minimum Gasteiger partial charge on any atom is -0.493 e. The lowest BCUT2D eigenvalue weighted by atomic mass is 10.1. The third kappa shape index (κ3) is 4.28. The van der Waals surface area contributed by atoms with Crippen LogP contribution in [0, 0.1) is 6.92 Å². The molecule has 156 valence electrons. The summed E-state index contributed by atoms with van der Waals surface area (Å²) in [6.07, 6.45) is 0. The molecule has 3 rings (SSSR count). The second-order valence-corrected chi connectivity index (χ2v) is 6.51. The van der Waals surface area contributed by atoms with Crippen LogP contribution in [0.2, 0.25) is 0 Å². The number of rotatable bonds is 6. The predicted molar refractivity (Wildman–Crippen MR) is 108 cm³/mol. The number of hydrogen-bond donors (Lipinski definition) is 0. The number of nitrogens with zero attached hydrogens (tertiary/aromatic N) is 4. The fourth-order valence-electron chi connectivity index (χ4n) is 3.32. The van der Waals surface area contributed by atoms with Crippen molar-refractivity contribution >= 4 is 11.7 Å². The molecule has 1 aromatic carbocycles. The number of piperazine rings is 1. The number of aryl methyl sites for hydroxylation is 1. The number of amides is 1. The molecule has 1 aliphatic heterocycles. The number of hydrogen-bond acceptors (Lipinski definition) is 8. The Morgan fingerprint density at radius 3 is 2.00 bits per heavy atom. The van der Waals surface area contributed by atoms with Crippen LogP contribution >= 0.6 is 0 Å². The Morgan fingerprint density at radius 2 is 1.48 bits per heavy atom. The highest BCUT2D eigenvalue weighted by Gasteiger charge is 2.25. The number of methoxy groups -OCH3 is 4. The van der Waals surface area contributed by atoms with E-state index in [0.29, 0.717) is 60.7 Å². The molecule has 2 aromatic rings. The number of anilines is 1. The van der Waals surface area contributed by atoms with E-state index in [-0.39, 0.29) is 5.91 Å². The molecule has 0 aliphatic carbocycles. The summed E-state index contributed by atoms with van der Waals surface area (Å²) in [5.41, 5.74) is 0.493. The van der Waals surface area contributed by atoms with Crippen molar-refractivity contribution in [1.82, 2.24) is 14.9 Å². The minimum atomic E-state index is -0.0830. The molecule has 0 unspecified atom stereocenters. The zero-order valence-electron chi connectivity index (χ0n) is 17.4. The molecule has 0 N–H and O–H groups in total. The van der Waals surface area contributed by atoms with Gasteiger partial charge in [-0.25, -0.2) is 4.98 Å². The summed E-state index contributed by atoms with van der Waals surface area (Å²) in [5, 5.41) is 0. The number of benzene rings is 1. The van der Waals surface area contributed by atoms with Crippen molar-refractivity contribution in [3.63, 3.8) is 0 Å². The third-order valence-electron chi connectivity index (χ3n) is 4.81. The van der Waals surface area contributed by atoms with Crippen molar-refractivity contribution in [2.45, 2.75) is 6.92 Å². The Bertz CT molecular complexity index is 856. The average Bonchev–Trinajstić information content (AvgIpc) is 2.77. The highest BCUT2D eigenvalue weighted by Crippen LogP contribution is 2.38.